The molecule has 1 aromatic carbocycles. The fourth-order valence-electron chi connectivity index (χ4n) is 2.90. The maximum atomic E-state index is 12.1. The summed E-state index contributed by atoms with van der Waals surface area (Å²) in [5.41, 5.74) is 3.32. The molecule has 5 nitrogen and oxygen atoms in total. The molecule has 0 radical (unpaired) electrons. The molecule has 2 heterocycles. The Bertz CT molecular complexity index is 556. The summed E-state index contributed by atoms with van der Waals surface area (Å²) in [5, 5.41) is 5.58. The van der Waals surface area contributed by atoms with Gasteiger partial charge in [-0.1, -0.05) is 0 Å². The molecule has 2 aliphatic heterocycles. The number of nitrogens with zero attached hydrogens (tertiary/aromatic N) is 1. The maximum absolute atomic E-state index is 12.1. The van der Waals surface area contributed by atoms with E-state index in [4.69, 9.17) is 0 Å². The molecule has 2 aliphatic rings. The zero-order valence-electron chi connectivity index (χ0n) is 11.6. The van der Waals surface area contributed by atoms with Crippen LogP contribution in [0.3, 0.4) is 0 Å². The Morgan fingerprint density at radius 2 is 2.25 bits per heavy atom. The molecule has 2 N–H and O–H groups in total. The average Bonchev–Trinajstić information content (AvgIpc) is 2.86. The molecule has 20 heavy (non-hydrogen) atoms. The molecule has 1 fully saturated rings. The van der Waals surface area contributed by atoms with Crippen LogP contribution in [0.2, 0.25) is 0 Å². The zero-order chi connectivity index (χ0) is 14.1. The van der Waals surface area contributed by atoms with Gasteiger partial charge in [0, 0.05) is 31.4 Å². The normalized spacial score (nSPS) is 21.4. The van der Waals surface area contributed by atoms with Gasteiger partial charge in [0.1, 0.15) is 6.04 Å². The van der Waals surface area contributed by atoms with Crippen molar-refractivity contribution >= 4 is 23.2 Å². The molecule has 2 amide bonds. The van der Waals surface area contributed by atoms with Crippen LogP contribution in [0, 0.1) is 0 Å². The minimum absolute atomic E-state index is 0.0442. The van der Waals surface area contributed by atoms with E-state index in [9.17, 15) is 9.59 Å². The fourth-order valence-corrected chi connectivity index (χ4v) is 2.90. The van der Waals surface area contributed by atoms with Crippen molar-refractivity contribution in [3.05, 3.63) is 23.8 Å². The van der Waals surface area contributed by atoms with E-state index < -0.39 is 0 Å². The van der Waals surface area contributed by atoms with Crippen LogP contribution in [-0.4, -0.2) is 31.4 Å². The number of benzene rings is 1. The van der Waals surface area contributed by atoms with Crippen molar-refractivity contribution in [1.82, 2.24) is 5.32 Å². The average molecular weight is 273 g/mol. The monoisotopic (exact) mass is 273 g/mol. The van der Waals surface area contributed by atoms with Gasteiger partial charge in [-0.25, -0.2) is 0 Å². The van der Waals surface area contributed by atoms with Crippen molar-refractivity contribution < 1.29 is 9.59 Å². The summed E-state index contributed by atoms with van der Waals surface area (Å²) in [5.74, 6) is -0.169. The largest absolute Gasteiger partial charge is 0.374 e. The van der Waals surface area contributed by atoms with E-state index in [1.54, 1.807) is 0 Å². The van der Waals surface area contributed by atoms with Gasteiger partial charge in [-0.3, -0.25) is 9.59 Å². The third-order valence-electron chi connectivity index (χ3n) is 4.01. The molecule has 5 heteroatoms. The van der Waals surface area contributed by atoms with Crippen LogP contribution < -0.4 is 15.5 Å². The van der Waals surface area contributed by atoms with Crippen molar-refractivity contribution in [2.75, 3.05) is 23.8 Å². The van der Waals surface area contributed by atoms with Crippen LogP contribution in [0.25, 0.3) is 0 Å². The summed E-state index contributed by atoms with van der Waals surface area (Å²) in [6.07, 6.45) is 3.20. The summed E-state index contributed by atoms with van der Waals surface area (Å²) >= 11 is 0. The Labute approximate surface area is 118 Å². The van der Waals surface area contributed by atoms with Gasteiger partial charge in [0.2, 0.25) is 11.8 Å². The fraction of sp³-hybridized carbons (Fsp3) is 0.467. The quantitative estimate of drug-likeness (QED) is 0.853. The maximum Gasteiger partial charge on any atom is 0.246 e. The van der Waals surface area contributed by atoms with Gasteiger partial charge < -0.3 is 15.5 Å². The topological polar surface area (TPSA) is 61.4 Å². The molecule has 0 spiro atoms. The highest BCUT2D eigenvalue weighted by atomic mass is 16.2. The van der Waals surface area contributed by atoms with E-state index in [1.165, 1.54) is 11.3 Å². The molecule has 0 bridgehead atoms. The highest BCUT2D eigenvalue weighted by molar-refractivity contribution is 5.99. The number of aryl methyl sites for hydroxylation is 1. The number of hydrogen-bond acceptors (Lipinski definition) is 3. The summed E-state index contributed by atoms with van der Waals surface area (Å²) in [7, 11) is 2.09. The van der Waals surface area contributed by atoms with Crippen molar-refractivity contribution in [2.24, 2.45) is 0 Å². The van der Waals surface area contributed by atoms with Gasteiger partial charge >= 0.3 is 0 Å². The highest BCUT2D eigenvalue weighted by Gasteiger charge is 2.27. The van der Waals surface area contributed by atoms with Crippen LogP contribution >= 0.6 is 0 Å². The van der Waals surface area contributed by atoms with E-state index in [1.807, 2.05) is 12.1 Å². The second-order valence-corrected chi connectivity index (χ2v) is 5.52. The first-order chi connectivity index (χ1) is 9.63. The Hall–Kier alpha value is -2.04. The number of anilines is 2. The Balaban J connectivity index is 1.72. The Morgan fingerprint density at radius 1 is 1.40 bits per heavy atom. The van der Waals surface area contributed by atoms with Crippen molar-refractivity contribution in [3.63, 3.8) is 0 Å². The molecule has 0 aliphatic carbocycles. The summed E-state index contributed by atoms with van der Waals surface area (Å²) in [6, 6.07) is 5.63. The Kier molecular flexibility index (Phi) is 3.34. The number of fused-ring (bicyclic) bond motifs is 1. The lowest BCUT2D eigenvalue weighted by molar-refractivity contribution is -0.122. The lowest BCUT2D eigenvalue weighted by Crippen LogP contribution is -2.37. The molecule has 106 valence electrons. The molecule has 1 aromatic rings. The molecule has 1 unspecified atom stereocenters. The number of nitrogens with one attached hydrogen (secondary N) is 2. The number of amides is 2. The molecular formula is C15H19N3O2. The zero-order valence-corrected chi connectivity index (χ0v) is 11.6. The smallest absolute Gasteiger partial charge is 0.246 e. The van der Waals surface area contributed by atoms with E-state index >= 15 is 0 Å². The van der Waals surface area contributed by atoms with Crippen LogP contribution in [0.4, 0.5) is 11.4 Å². The Morgan fingerprint density at radius 3 is 3.00 bits per heavy atom. The van der Waals surface area contributed by atoms with Crippen LogP contribution in [0.1, 0.15) is 24.8 Å². The minimum atomic E-state index is -0.388. The van der Waals surface area contributed by atoms with Crippen molar-refractivity contribution in [3.8, 4) is 0 Å². The molecular weight excluding hydrogens is 254 g/mol. The number of hydrogen-bond donors (Lipinski definition) is 2. The third kappa shape index (κ3) is 2.48. The van der Waals surface area contributed by atoms with Gasteiger partial charge in [-0.15, -0.1) is 0 Å². The van der Waals surface area contributed by atoms with Gasteiger partial charge in [0.25, 0.3) is 0 Å². The SMILES string of the molecule is CN1CCCc2cc(NC(=O)C3CCC(=O)N3)ccc21. The number of carbonyl (C=O) groups excluding carboxylic acids is 2. The second kappa shape index (κ2) is 5.15. The summed E-state index contributed by atoms with van der Waals surface area (Å²) in [6.45, 7) is 1.08. The van der Waals surface area contributed by atoms with Gasteiger partial charge in [0.15, 0.2) is 0 Å². The van der Waals surface area contributed by atoms with E-state index in [0.717, 1.165) is 25.1 Å². The molecule has 0 aromatic heterocycles. The van der Waals surface area contributed by atoms with Crippen molar-refractivity contribution in [1.29, 1.82) is 0 Å². The summed E-state index contributed by atoms with van der Waals surface area (Å²) < 4.78 is 0. The van der Waals surface area contributed by atoms with E-state index in [0.29, 0.717) is 12.8 Å². The molecule has 1 saturated heterocycles. The molecule has 3 rings (SSSR count). The summed E-state index contributed by atoms with van der Waals surface area (Å²) in [4.78, 5) is 25.4. The first-order valence-corrected chi connectivity index (χ1v) is 7.08. The standard InChI is InChI=1S/C15H19N3O2/c1-18-8-2-3-10-9-11(4-6-13(10)18)16-15(20)12-5-7-14(19)17-12/h4,6,9,12H,2-3,5,7-8H2,1H3,(H,16,20)(H,17,19). The minimum Gasteiger partial charge on any atom is -0.374 e. The lowest BCUT2D eigenvalue weighted by atomic mass is 10.0. The molecule has 1 atom stereocenters. The first kappa shape index (κ1) is 13.0. The molecule has 0 saturated carbocycles. The van der Waals surface area contributed by atoms with Gasteiger partial charge in [-0.05, 0) is 43.0 Å². The highest BCUT2D eigenvalue weighted by Crippen LogP contribution is 2.28. The van der Waals surface area contributed by atoms with E-state index in [2.05, 4.69) is 28.6 Å². The van der Waals surface area contributed by atoms with Crippen LogP contribution in [0.15, 0.2) is 18.2 Å². The predicted octanol–water partition coefficient (Wildman–Crippen LogP) is 1.29. The second-order valence-electron chi connectivity index (χ2n) is 5.52. The van der Waals surface area contributed by atoms with E-state index in [-0.39, 0.29) is 17.9 Å². The van der Waals surface area contributed by atoms with Crippen LogP contribution in [-0.2, 0) is 16.0 Å². The number of carbonyl (C=O) groups is 2. The van der Waals surface area contributed by atoms with Crippen molar-refractivity contribution in [2.45, 2.75) is 31.7 Å². The predicted molar refractivity (Wildman–Crippen MR) is 77.8 cm³/mol. The lowest BCUT2D eigenvalue weighted by Gasteiger charge is -2.28. The van der Waals surface area contributed by atoms with Gasteiger partial charge in [0.05, 0.1) is 0 Å². The third-order valence-corrected chi connectivity index (χ3v) is 4.01. The van der Waals surface area contributed by atoms with Crippen LogP contribution in [0.5, 0.6) is 0 Å². The van der Waals surface area contributed by atoms with Gasteiger partial charge in [-0.2, -0.15) is 0 Å². The first-order valence-electron chi connectivity index (χ1n) is 7.08. The number of rotatable bonds is 2.